The minimum absolute atomic E-state index is 0.00292. The van der Waals surface area contributed by atoms with Crippen LogP contribution in [0, 0.1) is 13.8 Å². The van der Waals surface area contributed by atoms with Crippen LogP contribution in [0.3, 0.4) is 0 Å². The van der Waals surface area contributed by atoms with Gasteiger partial charge in [0.1, 0.15) is 16.6 Å². The second-order valence-corrected chi connectivity index (χ2v) is 12.3. The molecule has 2 heterocycles. The molecule has 10 nitrogen and oxygen atoms in total. The molecule has 2 N–H and O–H groups in total. The number of amides is 1. The number of anilines is 1. The fourth-order valence-corrected chi connectivity index (χ4v) is 7.09. The SMILES string of the molecule is Cc1noc(C)c1S(=O)(=O)N1CCC[C@@H]1C(=O)Nc1cccc(S(=O)(=O)NC(C)(C)C)c1. The quantitative estimate of drug-likeness (QED) is 0.640. The van der Waals surface area contributed by atoms with E-state index in [1.807, 2.05) is 0 Å². The molecule has 0 aliphatic carbocycles. The average molecular weight is 485 g/mol. The maximum atomic E-state index is 13.2. The standard InChI is InChI=1S/C20H28N4O6S2/c1-13-18(14(2)30-22-13)32(28,29)24-11-7-10-17(24)19(25)21-15-8-6-9-16(12-15)31(26,27)23-20(3,4)5/h6,8-9,12,17,23H,7,10-11H2,1-5H3,(H,21,25)/t17-/m1/s1. The predicted octanol–water partition coefficient (Wildman–Crippen LogP) is 2.16. The fraction of sp³-hybridized carbons (Fsp3) is 0.500. The Morgan fingerprint density at radius 1 is 1.19 bits per heavy atom. The van der Waals surface area contributed by atoms with Crippen molar-refractivity contribution in [3.8, 4) is 0 Å². The van der Waals surface area contributed by atoms with Gasteiger partial charge in [0.2, 0.25) is 26.0 Å². The predicted molar refractivity (Wildman–Crippen MR) is 118 cm³/mol. The van der Waals surface area contributed by atoms with Gasteiger partial charge in [0, 0.05) is 17.8 Å². The molecule has 176 valence electrons. The van der Waals surface area contributed by atoms with Gasteiger partial charge in [0.05, 0.1) is 4.90 Å². The van der Waals surface area contributed by atoms with Crippen LogP contribution < -0.4 is 10.0 Å². The Balaban J connectivity index is 1.83. The first-order valence-corrected chi connectivity index (χ1v) is 13.0. The van der Waals surface area contributed by atoms with Crippen molar-refractivity contribution in [3.05, 3.63) is 35.7 Å². The molecule has 1 aromatic carbocycles. The second-order valence-electron chi connectivity index (χ2n) is 8.80. The molecule has 1 fully saturated rings. The molecule has 0 spiro atoms. The highest BCUT2D eigenvalue weighted by molar-refractivity contribution is 7.89. The molecular weight excluding hydrogens is 456 g/mol. The second kappa shape index (κ2) is 8.58. The molecule has 1 aliphatic heterocycles. The van der Waals surface area contributed by atoms with Gasteiger partial charge in [-0.2, -0.15) is 4.31 Å². The Kier molecular flexibility index (Phi) is 6.53. The summed E-state index contributed by atoms with van der Waals surface area (Å²) in [6, 6.07) is 4.90. The van der Waals surface area contributed by atoms with Crippen molar-refractivity contribution >= 4 is 31.6 Å². The zero-order valence-electron chi connectivity index (χ0n) is 18.7. The highest BCUT2D eigenvalue weighted by Gasteiger charge is 2.42. The van der Waals surface area contributed by atoms with E-state index in [2.05, 4.69) is 15.2 Å². The fourth-order valence-electron chi connectivity index (χ4n) is 3.68. The molecule has 1 aromatic heterocycles. The molecule has 0 radical (unpaired) electrons. The van der Waals surface area contributed by atoms with E-state index >= 15 is 0 Å². The zero-order chi connectivity index (χ0) is 23.9. The highest BCUT2D eigenvalue weighted by Crippen LogP contribution is 2.30. The Hall–Kier alpha value is -2.28. The topological polar surface area (TPSA) is 139 Å². The van der Waals surface area contributed by atoms with Gasteiger partial charge in [-0.1, -0.05) is 11.2 Å². The number of aromatic nitrogens is 1. The van der Waals surface area contributed by atoms with E-state index in [9.17, 15) is 21.6 Å². The number of sulfonamides is 2. The van der Waals surface area contributed by atoms with E-state index in [4.69, 9.17) is 4.52 Å². The largest absolute Gasteiger partial charge is 0.360 e. The molecule has 3 rings (SSSR count). The van der Waals surface area contributed by atoms with Crippen LogP contribution in [0.1, 0.15) is 45.1 Å². The Labute approximate surface area is 188 Å². The molecule has 2 aromatic rings. The normalized spacial score (nSPS) is 18.1. The molecule has 12 heteroatoms. The van der Waals surface area contributed by atoms with Crippen LogP contribution >= 0.6 is 0 Å². The van der Waals surface area contributed by atoms with E-state index in [1.54, 1.807) is 26.8 Å². The van der Waals surface area contributed by atoms with Crippen molar-refractivity contribution < 1.29 is 26.2 Å². The Morgan fingerprint density at radius 3 is 2.47 bits per heavy atom. The average Bonchev–Trinajstić information content (AvgIpc) is 3.27. The first-order valence-electron chi connectivity index (χ1n) is 10.1. The summed E-state index contributed by atoms with van der Waals surface area (Å²) in [4.78, 5) is 12.9. The number of benzene rings is 1. The van der Waals surface area contributed by atoms with Gasteiger partial charge < -0.3 is 9.84 Å². The lowest BCUT2D eigenvalue weighted by Gasteiger charge is -2.23. The van der Waals surface area contributed by atoms with Crippen molar-refractivity contribution in [2.24, 2.45) is 0 Å². The summed E-state index contributed by atoms with van der Waals surface area (Å²) >= 11 is 0. The van der Waals surface area contributed by atoms with Crippen molar-refractivity contribution in [2.75, 3.05) is 11.9 Å². The van der Waals surface area contributed by atoms with E-state index in [-0.39, 0.29) is 33.5 Å². The lowest BCUT2D eigenvalue weighted by molar-refractivity contribution is -0.119. The first kappa shape index (κ1) is 24.4. The molecule has 1 aliphatic rings. The third-order valence-electron chi connectivity index (χ3n) is 4.89. The first-order chi connectivity index (χ1) is 14.7. The van der Waals surface area contributed by atoms with Crippen LogP contribution in [0.5, 0.6) is 0 Å². The summed E-state index contributed by atoms with van der Waals surface area (Å²) in [5.74, 6) is -0.367. The molecule has 0 saturated carbocycles. The van der Waals surface area contributed by atoms with Crippen molar-refractivity contribution in [3.63, 3.8) is 0 Å². The van der Waals surface area contributed by atoms with E-state index in [0.29, 0.717) is 12.8 Å². The van der Waals surface area contributed by atoms with Crippen LogP contribution in [0.25, 0.3) is 0 Å². The molecule has 1 saturated heterocycles. The summed E-state index contributed by atoms with van der Waals surface area (Å²) in [6.07, 6.45) is 0.864. The van der Waals surface area contributed by atoms with E-state index < -0.39 is 37.5 Å². The highest BCUT2D eigenvalue weighted by atomic mass is 32.2. The molecule has 1 amide bonds. The van der Waals surface area contributed by atoms with Crippen molar-refractivity contribution in [1.29, 1.82) is 0 Å². The summed E-state index contributed by atoms with van der Waals surface area (Å²) in [5.41, 5.74) is -0.180. The lowest BCUT2D eigenvalue weighted by atomic mass is 10.1. The third-order valence-corrected chi connectivity index (χ3v) is 8.80. The molecule has 0 bridgehead atoms. The third kappa shape index (κ3) is 5.03. The van der Waals surface area contributed by atoms with Crippen LogP contribution in [0.15, 0.2) is 38.6 Å². The Morgan fingerprint density at radius 2 is 1.88 bits per heavy atom. The molecule has 0 unspecified atom stereocenters. The van der Waals surface area contributed by atoms with Crippen molar-refractivity contribution in [2.45, 2.75) is 68.8 Å². The number of hydrogen-bond acceptors (Lipinski definition) is 7. The number of carbonyl (C=O) groups is 1. The number of rotatable bonds is 6. The number of aryl methyl sites for hydroxylation is 2. The minimum Gasteiger partial charge on any atom is -0.360 e. The van der Waals surface area contributed by atoms with Crippen LogP contribution in [0.2, 0.25) is 0 Å². The van der Waals surface area contributed by atoms with Crippen LogP contribution in [-0.4, -0.2) is 50.3 Å². The lowest BCUT2D eigenvalue weighted by Crippen LogP contribution is -2.43. The summed E-state index contributed by atoms with van der Waals surface area (Å²) in [6.45, 7) is 8.41. The van der Waals surface area contributed by atoms with Gasteiger partial charge in [-0.15, -0.1) is 0 Å². The van der Waals surface area contributed by atoms with Gasteiger partial charge in [-0.25, -0.2) is 21.6 Å². The van der Waals surface area contributed by atoms with Crippen LogP contribution in [0.4, 0.5) is 5.69 Å². The summed E-state index contributed by atoms with van der Waals surface area (Å²) in [5, 5.41) is 6.36. The molecule has 32 heavy (non-hydrogen) atoms. The Bertz CT molecular complexity index is 1210. The maximum absolute atomic E-state index is 13.2. The minimum atomic E-state index is -3.98. The van der Waals surface area contributed by atoms with E-state index in [0.717, 1.165) is 4.31 Å². The molecule has 1 atom stereocenters. The summed E-state index contributed by atoms with van der Waals surface area (Å²) in [7, 11) is -7.78. The molecular formula is C20H28N4O6S2. The van der Waals surface area contributed by atoms with Gasteiger partial charge in [-0.05, 0) is 65.7 Å². The van der Waals surface area contributed by atoms with Crippen molar-refractivity contribution in [1.82, 2.24) is 14.2 Å². The number of hydrogen-bond donors (Lipinski definition) is 2. The smallest absolute Gasteiger partial charge is 0.249 e. The van der Waals surface area contributed by atoms with Gasteiger partial charge in [-0.3, -0.25) is 4.79 Å². The zero-order valence-corrected chi connectivity index (χ0v) is 20.3. The number of nitrogens with one attached hydrogen (secondary N) is 2. The van der Waals surface area contributed by atoms with Gasteiger partial charge >= 0.3 is 0 Å². The maximum Gasteiger partial charge on any atom is 0.249 e. The van der Waals surface area contributed by atoms with Gasteiger partial charge in [0.15, 0.2) is 5.76 Å². The number of nitrogens with zero attached hydrogens (tertiary/aromatic N) is 2. The van der Waals surface area contributed by atoms with Gasteiger partial charge in [0.25, 0.3) is 0 Å². The number of carbonyl (C=O) groups excluding carboxylic acids is 1. The summed E-state index contributed by atoms with van der Waals surface area (Å²) < 4.78 is 60.3. The van der Waals surface area contributed by atoms with Crippen LogP contribution in [-0.2, 0) is 24.8 Å². The van der Waals surface area contributed by atoms with E-state index in [1.165, 1.54) is 32.0 Å². The monoisotopic (exact) mass is 484 g/mol.